The molecule has 1 fully saturated rings. The van der Waals surface area contributed by atoms with Crippen LogP contribution in [0.1, 0.15) is 43.2 Å². The molecular weight excluding hydrogens is 238 g/mol. The van der Waals surface area contributed by atoms with Gasteiger partial charge < -0.3 is 5.73 Å². The van der Waals surface area contributed by atoms with Crippen molar-refractivity contribution in [2.75, 3.05) is 5.75 Å². The van der Waals surface area contributed by atoms with Gasteiger partial charge in [-0.1, -0.05) is 18.9 Å². The van der Waals surface area contributed by atoms with E-state index >= 15 is 0 Å². The maximum absolute atomic E-state index is 6.32. The highest BCUT2D eigenvalue weighted by atomic mass is 32.2. The first-order chi connectivity index (χ1) is 8.83. The van der Waals surface area contributed by atoms with E-state index < -0.39 is 0 Å². The molecule has 1 saturated carbocycles. The van der Waals surface area contributed by atoms with Crippen molar-refractivity contribution in [3.63, 3.8) is 0 Å². The molecule has 0 amide bonds. The fraction of sp³-hybridized carbons (Fsp3) is 0.625. The number of fused-ring (bicyclic) bond motifs is 1. The Balaban J connectivity index is 1.56. The largest absolute Gasteiger partial charge is 0.327 e. The molecule has 0 spiro atoms. The van der Waals surface area contributed by atoms with Gasteiger partial charge in [-0.3, -0.25) is 0 Å². The van der Waals surface area contributed by atoms with Crippen LogP contribution in [0.15, 0.2) is 23.1 Å². The Labute approximate surface area is 115 Å². The van der Waals surface area contributed by atoms with Gasteiger partial charge in [-0.15, -0.1) is 11.8 Å². The molecule has 1 nitrogen and oxygen atoms in total. The van der Waals surface area contributed by atoms with Crippen LogP contribution in [0.4, 0.5) is 0 Å². The number of hydrogen-bond donors (Lipinski definition) is 1. The summed E-state index contributed by atoms with van der Waals surface area (Å²) >= 11 is 1.96. The van der Waals surface area contributed by atoms with Crippen molar-refractivity contribution in [1.29, 1.82) is 0 Å². The maximum atomic E-state index is 6.32. The molecule has 0 aromatic heterocycles. The summed E-state index contributed by atoms with van der Waals surface area (Å²) in [4.78, 5) is 1.42. The first kappa shape index (κ1) is 12.6. The molecule has 0 radical (unpaired) electrons. The second-order valence-corrected chi connectivity index (χ2v) is 6.90. The highest BCUT2D eigenvalue weighted by Crippen LogP contribution is 2.31. The number of thioether (sulfide) groups is 1. The van der Waals surface area contributed by atoms with Gasteiger partial charge in [0.05, 0.1) is 0 Å². The summed E-state index contributed by atoms with van der Waals surface area (Å²) in [5.41, 5.74) is 9.47. The molecule has 2 heteroatoms. The van der Waals surface area contributed by atoms with Gasteiger partial charge in [-0.05, 0) is 61.3 Å². The molecule has 2 aliphatic rings. The fourth-order valence-corrected chi connectivity index (χ4v) is 4.40. The standard InChI is InChI=1S/C16H23NS/c17-16(13-4-1-2-5-13)11-18-15-9-8-12-6-3-7-14(12)10-15/h8-10,13,16H,1-7,11,17H2. The van der Waals surface area contributed by atoms with Crippen molar-refractivity contribution in [2.45, 2.75) is 55.9 Å². The zero-order valence-corrected chi connectivity index (χ0v) is 11.8. The summed E-state index contributed by atoms with van der Waals surface area (Å²) in [6.07, 6.45) is 9.38. The lowest BCUT2D eigenvalue weighted by molar-refractivity contribution is 0.463. The van der Waals surface area contributed by atoms with Gasteiger partial charge in [0.1, 0.15) is 0 Å². The molecule has 1 aromatic rings. The normalized spacial score (nSPS) is 21.2. The second-order valence-electron chi connectivity index (χ2n) is 5.80. The van der Waals surface area contributed by atoms with E-state index in [1.165, 1.54) is 49.8 Å². The molecule has 98 valence electrons. The minimum absolute atomic E-state index is 0.394. The van der Waals surface area contributed by atoms with Gasteiger partial charge in [-0.25, -0.2) is 0 Å². The lowest BCUT2D eigenvalue weighted by atomic mass is 10.0. The summed E-state index contributed by atoms with van der Waals surface area (Å²) in [6.45, 7) is 0. The topological polar surface area (TPSA) is 26.0 Å². The smallest absolute Gasteiger partial charge is 0.0162 e. The molecule has 0 bridgehead atoms. The van der Waals surface area contributed by atoms with Crippen molar-refractivity contribution < 1.29 is 0 Å². The molecule has 0 heterocycles. The van der Waals surface area contributed by atoms with Crippen LogP contribution in [0, 0.1) is 5.92 Å². The highest BCUT2D eigenvalue weighted by Gasteiger charge is 2.22. The Hall–Kier alpha value is -0.470. The van der Waals surface area contributed by atoms with Gasteiger partial charge in [0.2, 0.25) is 0 Å². The van der Waals surface area contributed by atoms with Crippen LogP contribution >= 0.6 is 11.8 Å². The molecule has 0 aliphatic heterocycles. The molecule has 1 aromatic carbocycles. The quantitative estimate of drug-likeness (QED) is 0.835. The van der Waals surface area contributed by atoms with Crippen LogP contribution in [0.3, 0.4) is 0 Å². The lowest BCUT2D eigenvalue weighted by Gasteiger charge is -2.18. The van der Waals surface area contributed by atoms with E-state index in [1.54, 1.807) is 11.1 Å². The van der Waals surface area contributed by atoms with Crippen LogP contribution < -0.4 is 5.73 Å². The van der Waals surface area contributed by atoms with E-state index in [0.717, 1.165) is 11.7 Å². The van der Waals surface area contributed by atoms with E-state index in [4.69, 9.17) is 5.73 Å². The molecule has 2 aliphatic carbocycles. The number of benzene rings is 1. The first-order valence-corrected chi connectivity index (χ1v) is 8.31. The average molecular weight is 261 g/mol. The Morgan fingerprint density at radius 3 is 2.72 bits per heavy atom. The molecule has 0 saturated heterocycles. The van der Waals surface area contributed by atoms with E-state index in [0.29, 0.717) is 6.04 Å². The Kier molecular flexibility index (Phi) is 3.95. The molecule has 3 rings (SSSR count). The van der Waals surface area contributed by atoms with Gasteiger partial charge in [0.15, 0.2) is 0 Å². The van der Waals surface area contributed by atoms with Gasteiger partial charge in [0, 0.05) is 16.7 Å². The van der Waals surface area contributed by atoms with Gasteiger partial charge >= 0.3 is 0 Å². The zero-order chi connectivity index (χ0) is 12.4. The molecule has 2 N–H and O–H groups in total. The molecule has 1 atom stereocenters. The third kappa shape index (κ3) is 2.75. The molecule has 1 unspecified atom stereocenters. The van der Waals surface area contributed by atoms with Crippen molar-refractivity contribution in [3.8, 4) is 0 Å². The predicted molar refractivity (Wildman–Crippen MR) is 79.1 cm³/mol. The van der Waals surface area contributed by atoms with Crippen molar-refractivity contribution >= 4 is 11.8 Å². The average Bonchev–Trinajstić information content (AvgIpc) is 3.05. The van der Waals surface area contributed by atoms with Crippen LogP contribution in [-0.4, -0.2) is 11.8 Å². The van der Waals surface area contributed by atoms with Crippen molar-refractivity contribution in [2.24, 2.45) is 11.7 Å². The third-order valence-electron chi connectivity index (χ3n) is 4.52. The summed E-state index contributed by atoms with van der Waals surface area (Å²) in [7, 11) is 0. The van der Waals surface area contributed by atoms with E-state index in [-0.39, 0.29) is 0 Å². The number of aryl methyl sites for hydroxylation is 2. The van der Waals surface area contributed by atoms with Crippen LogP contribution in [0.25, 0.3) is 0 Å². The number of rotatable bonds is 4. The SMILES string of the molecule is NC(CSc1ccc2c(c1)CCC2)C1CCCC1. The Bertz CT molecular complexity index is 410. The highest BCUT2D eigenvalue weighted by molar-refractivity contribution is 7.99. The predicted octanol–water partition coefficient (Wildman–Crippen LogP) is 3.78. The summed E-state index contributed by atoms with van der Waals surface area (Å²) in [5.74, 6) is 1.87. The Morgan fingerprint density at radius 2 is 1.89 bits per heavy atom. The zero-order valence-electron chi connectivity index (χ0n) is 11.0. The van der Waals surface area contributed by atoms with E-state index in [1.807, 2.05) is 11.8 Å². The molecule has 18 heavy (non-hydrogen) atoms. The summed E-state index contributed by atoms with van der Waals surface area (Å²) < 4.78 is 0. The first-order valence-electron chi connectivity index (χ1n) is 7.33. The lowest BCUT2D eigenvalue weighted by Crippen LogP contribution is -2.30. The third-order valence-corrected chi connectivity index (χ3v) is 5.66. The Morgan fingerprint density at radius 1 is 1.11 bits per heavy atom. The van der Waals surface area contributed by atoms with Gasteiger partial charge in [0.25, 0.3) is 0 Å². The monoisotopic (exact) mass is 261 g/mol. The van der Waals surface area contributed by atoms with E-state index in [2.05, 4.69) is 18.2 Å². The van der Waals surface area contributed by atoms with Crippen LogP contribution in [-0.2, 0) is 12.8 Å². The summed E-state index contributed by atoms with van der Waals surface area (Å²) in [5, 5.41) is 0. The van der Waals surface area contributed by atoms with Crippen molar-refractivity contribution in [3.05, 3.63) is 29.3 Å². The van der Waals surface area contributed by atoms with Gasteiger partial charge in [-0.2, -0.15) is 0 Å². The van der Waals surface area contributed by atoms with E-state index in [9.17, 15) is 0 Å². The summed E-state index contributed by atoms with van der Waals surface area (Å²) in [6, 6.07) is 7.40. The fourth-order valence-electron chi connectivity index (χ4n) is 3.35. The number of nitrogens with two attached hydrogens (primary N) is 1. The maximum Gasteiger partial charge on any atom is 0.0162 e. The number of hydrogen-bond acceptors (Lipinski definition) is 2. The molecular formula is C16H23NS. The van der Waals surface area contributed by atoms with Crippen molar-refractivity contribution in [1.82, 2.24) is 0 Å². The minimum atomic E-state index is 0.394. The van der Waals surface area contributed by atoms with Crippen LogP contribution in [0.5, 0.6) is 0 Å². The van der Waals surface area contributed by atoms with Crippen LogP contribution in [0.2, 0.25) is 0 Å². The minimum Gasteiger partial charge on any atom is -0.327 e. The second kappa shape index (κ2) is 5.66.